The first-order valence-corrected chi connectivity index (χ1v) is 7.37. The number of hydrogen-bond acceptors (Lipinski definition) is 6. The van der Waals surface area contributed by atoms with Gasteiger partial charge >= 0.3 is 5.97 Å². The summed E-state index contributed by atoms with van der Waals surface area (Å²) in [5.74, 6) is 0.186. The highest BCUT2D eigenvalue weighted by atomic mass is 16.6. The highest BCUT2D eigenvalue weighted by Gasteiger charge is 2.35. The Labute approximate surface area is 143 Å². The van der Waals surface area contributed by atoms with Gasteiger partial charge in [-0.05, 0) is 5.56 Å². The summed E-state index contributed by atoms with van der Waals surface area (Å²) in [5.41, 5.74) is 1.50. The second-order valence-electron chi connectivity index (χ2n) is 5.44. The molecule has 1 unspecified atom stereocenters. The minimum Gasteiger partial charge on any atom is -0.496 e. The van der Waals surface area contributed by atoms with E-state index in [1.807, 2.05) is 0 Å². The maximum absolute atomic E-state index is 12.2. The minimum absolute atomic E-state index is 0.0327. The van der Waals surface area contributed by atoms with Crippen molar-refractivity contribution in [3.05, 3.63) is 69.8 Å². The van der Waals surface area contributed by atoms with E-state index in [9.17, 15) is 14.9 Å². The molecule has 3 rings (SSSR count). The zero-order valence-corrected chi connectivity index (χ0v) is 13.6. The molecule has 0 aliphatic carbocycles. The molecule has 128 valence electrons. The number of ether oxygens (including phenoxy) is 3. The summed E-state index contributed by atoms with van der Waals surface area (Å²) >= 11 is 0. The average molecular weight is 341 g/mol. The maximum atomic E-state index is 12.2. The molecule has 0 N–H and O–H groups in total. The summed E-state index contributed by atoms with van der Waals surface area (Å²) in [5, 5.41) is 10.9. The van der Waals surface area contributed by atoms with Gasteiger partial charge in [0.15, 0.2) is 0 Å². The van der Waals surface area contributed by atoms with Gasteiger partial charge in [-0.1, -0.05) is 18.7 Å². The zero-order chi connectivity index (χ0) is 18.1. The highest BCUT2D eigenvalue weighted by Crippen LogP contribution is 2.48. The van der Waals surface area contributed by atoms with E-state index in [1.165, 1.54) is 26.4 Å². The molecule has 0 bridgehead atoms. The van der Waals surface area contributed by atoms with Crippen molar-refractivity contribution in [3.63, 3.8) is 0 Å². The molecule has 0 saturated heterocycles. The van der Waals surface area contributed by atoms with Crippen LogP contribution in [0, 0.1) is 10.1 Å². The van der Waals surface area contributed by atoms with Crippen molar-refractivity contribution < 1.29 is 23.9 Å². The molecule has 0 aromatic heterocycles. The Bertz CT molecular complexity index is 872. The first kappa shape index (κ1) is 16.5. The van der Waals surface area contributed by atoms with E-state index >= 15 is 0 Å². The van der Waals surface area contributed by atoms with Crippen molar-refractivity contribution in [2.24, 2.45) is 0 Å². The smallest absolute Gasteiger partial charge is 0.339 e. The third-order valence-electron chi connectivity index (χ3n) is 4.07. The van der Waals surface area contributed by atoms with Gasteiger partial charge in [-0.25, -0.2) is 4.79 Å². The number of carbonyl (C=O) groups excluding carboxylic acids is 1. The molecule has 7 heteroatoms. The van der Waals surface area contributed by atoms with Gasteiger partial charge in [0.25, 0.3) is 5.69 Å². The van der Waals surface area contributed by atoms with E-state index in [-0.39, 0.29) is 11.3 Å². The number of nitro groups is 1. The fourth-order valence-corrected chi connectivity index (χ4v) is 2.85. The van der Waals surface area contributed by atoms with Crippen molar-refractivity contribution in [2.45, 2.75) is 5.92 Å². The van der Waals surface area contributed by atoms with E-state index in [4.69, 9.17) is 14.2 Å². The number of rotatable bonds is 4. The molecule has 1 atom stereocenters. The molecule has 0 spiro atoms. The van der Waals surface area contributed by atoms with Gasteiger partial charge in [0.2, 0.25) is 0 Å². The fourth-order valence-electron chi connectivity index (χ4n) is 2.85. The van der Waals surface area contributed by atoms with E-state index in [1.54, 1.807) is 24.3 Å². The van der Waals surface area contributed by atoms with Crippen LogP contribution in [0.1, 0.15) is 17.0 Å². The van der Waals surface area contributed by atoms with Gasteiger partial charge in [0.1, 0.15) is 17.2 Å². The minimum atomic E-state index is -0.564. The number of nitro benzene ring substituents is 1. The van der Waals surface area contributed by atoms with Crippen LogP contribution in [-0.4, -0.2) is 25.1 Å². The molecule has 0 saturated carbocycles. The van der Waals surface area contributed by atoms with Crippen LogP contribution in [-0.2, 0) is 4.79 Å². The lowest BCUT2D eigenvalue weighted by molar-refractivity contribution is -0.384. The topological polar surface area (TPSA) is 87.9 Å². The number of benzene rings is 2. The molecule has 0 fully saturated rings. The second-order valence-corrected chi connectivity index (χ2v) is 5.44. The Morgan fingerprint density at radius 3 is 2.40 bits per heavy atom. The van der Waals surface area contributed by atoms with Gasteiger partial charge in [-0.15, -0.1) is 0 Å². The molecule has 0 radical (unpaired) electrons. The predicted octanol–water partition coefficient (Wildman–Crippen LogP) is 3.22. The lowest BCUT2D eigenvalue weighted by Gasteiger charge is -2.28. The third-order valence-corrected chi connectivity index (χ3v) is 4.07. The van der Waals surface area contributed by atoms with Crippen LogP contribution in [0.5, 0.6) is 17.2 Å². The zero-order valence-electron chi connectivity index (χ0n) is 13.6. The average Bonchev–Trinajstić information content (AvgIpc) is 2.62. The molecule has 2 aromatic rings. The normalized spacial score (nSPS) is 16.0. The number of carbonyl (C=O) groups is 1. The van der Waals surface area contributed by atoms with Crippen LogP contribution >= 0.6 is 0 Å². The number of fused-ring (bicyclic) bond motifs is 1. The van der Waals surface area contributed by atoms with Crippen molar-refractivity contribution in [2.75, 3.05) is 14.2 Å². The molecule has 2 aromatic carbocycles. The number of esters is 1. The standard InChI is InChI=1S/C18H15NO6/c1-10-16(11-4-6-12(7-5-11)19(21)22)17-14(24-3)8-13(23-2)9-15(17)25-18(10)20/h4-9,16H,1H2,2-3H3. The van der Waals surface area contributed by atoms with Crippen molar-refractivity contribution in [1.29, 1.82) is 0 Å². The molecular formula is C18H15NO6. The van der Waals surface area contributed by atoms with E-state index in [0.29, 0.717) is 28.4 Å². The number of hydrogen-bond donors (Lipinski definition) is 0. The SMILES string of the molecule is C=C1C(=O)Oc2cc(OC)cc(OC)c2C1c1ccc([N+](=O)[O-])cc1. The van der Waals surface area contributed by atoms with Crippen LogP contribution in [0.2, 0.25) is 0 Å². The molecule has 1 aliphatic heterocycles. The molecule has 25 heavy (non-hydrogen) atoms. The number of non-ortho nitro benzene ring substituents is 1. The quantitative estimate of drug-likeness (QED) is 0.279. The molecule has 1 heterocycles. The van der Waals surface area contributed by atoms with Crippen molar-refractivity contribution >= 4 is 11.7 Å². The first-order chi connectivity index (χ1) is 12.0. The highest BCUT2D eigenvalue weighted by molar-refractivity contribution is 5.95. The van der Waals surface area contributed by atoms with Crippen LogP contribution in [0.3, 0.4) is 0 Å². The Hall–Kier alpha value is -3.35. The maximum Gasteiger partial charge on any atom is 0.339 e. The Balaban J connectivity index is 2.18. The summed E-state index contributed by atoms with van der Waals surface area (Å²) in [6, 6.07) is 9.25. The Morgan fingerprint density at radius 1 is 1.16 bits per heavy atom. The molecule has 7 nitrogen and oxygen atoms in total. The summed E-state index contributed by atoms with van der Waals surface area (Å²) in [6.45, 7) is 3.83. The van der Waals surface area contributed by atoms with E-state index in [0.717, 1.165) is 0 Å². The van der Waals surface area contributed by atoms with Crippen LogP contribution < -0.4 is 14.2 Å². The van der Waals surface area contributed by atoms with Crippen LogP contribution in [0.15, 0.2) is 48.6 Å². The van der Waals surface area contributed by atoms with Gasteiger partial charge in [-0.2, -0.15) is 0 Å². The van der Waals surface area contributed by atoms with Gasteiger partial charge in [-0.3, -0.25) is 10.1 Å². The molecular weight excluding hydrogens is 326 g/mol. The van der Waals surface area contributed by atoms with Gasteiger partial charge in [0.05, 0.1) is 19.1 Å². The summed E-state index contributed by atoms with van der Waals surface area (Å²) < 4.78 is 16.0. The molecule has 0 amide bonds. The van der Waals surface area contributed by atoms with Gasteiger partial charge in [0, 0.05) is 41.3 Å². The Kier molecular flexibility index (Phi) is 4.14. The van der Waals surface area contributed by atoms with Crippen molar-refractivity contribution in [3.8, 4) is 17.2 Å². The molecule has 1 aliphatic rings. The predicted molar refractivity (Wildman–Crippen MR) is 89.3 cm³/mol. The van der Waals surface area contributed by atoms with Crippen molar-refractivity contribution in [1.82, 2.24) is 0 Å². The van der Waals surface area contributed by atoms with E-state index < -0.39 is 16.8 Å². The largest absolute Gasteiger partial charge is 0.496 e. The first-order valence-electron chi connectivity index (χ1n) is 7.37. The summed E-state index contributed by atoms with van der Waals surface area (Å²) in [4.78, 5) is 22.6. The summed E-state index contributed by atoms with van der Waals surface area (Å²) in [6.07, 6.45) is 0. The second kappa shape index (κ2) is 6.27. The lowest BCUT2D eigenvalue weighted by atomic mass is 9.82. The summed E-state index contributed by atoms with van der Waals surface area (Å²) in [7, 11) is 3.00. The number of nitrogens with zero attached hydrogens (tertiary/aromatic N) is 1. The lowest BCUT2D eigenvalue weighted by Crippen LogP contribution is -2.24. The van der Waals surface area contributed by atoms with Crippen LogP contribution in [0.4, 0.5) is 5.69 Å². The van der Waals surface area contributed by atoms with Gasteiger partial charge < -0.3 is 14.2 Å². The van der Waals surface area contributed by atoms with E-state index in [2.05, 4.69) is 6.58 Å². The fraction of sp³-hybridized carbons (Fsp3) is 0.167. The Morgan fingerprint density at radius 2 is 1.84 bits per heavy atom. The third kappa shape index (κ3) is 2.80. The number of methoxy groups -OCH3 is 2. The van der Waals surface area contributed by atoms with Crippen LogP contribution in [0.25, 0.3) is 0 Å². The monoisotopic (exact) mass is 341 g/mol.